The lowest BCUT2D eigenvalue weighted by molar-refractivity contribution is -0.129. The van der Waals surface area contributed by atoms with Crippen LogP contribution in [0.15, 0.2) is 28.0 Å². The molecule has 0 aromatic carbocycles. The second-order valence-electron chi connectivity index (χ2n) is 1.70. The van der Waals surface area contributed by atoms with E-state index in [1.54, 1.807) is 0 Å². The third-order valence-corrected chi connectivity index (χ3v) is 1.05. The third kappa shape index (κ3) is 4.00. The van der Waals surface area contributed by atoms with Gasteiger partial charge in [-0.2, -0.15) is 0 Å². The first-order valence-corrected chi connectivity index (χ1v) is 3.47. The number of carbonyl (C=O) groups is 1. The molecule has 6 heteroatoms. The molecule has 0 bridgehead atoms. The predicted octanol–water partition coefficient (Wildman–Crippen LogP) is 1.26. The zero-order chi connectivity index (χ0) is 9.72. The van der Waals surface area contributed by atoms with E-state index in [1.165, 1.54) is 0 Å². The van der Waals surface area contributed by atoms with Crippen molar-refractivity contribution in [1.82, 2.24) is 0 Å². The van der Waals surface area contributed by atoms with E-state index >= 15 is 0 Å². The molecule has 0 spiro atoms. The summed E-state index contributed by atoms with van der Waals surface area (Å²) in [5, 5.41) is 8.15. The first-order chi connectivity index (χ1) is 5.45. The largest absolute Gasteiger partial charge is 0.476 e. The van der Waals surface area contributed by atoms with Gasteiger partial charge in [-0.15, -0.1) is 0 Å². The van der Waals surface area contributed by atoms with Crippen molar-refractivity contribution in [2.75, 3.05) is 0 Å². The standard InChI is InChI=1S/C6H6Cl2N2O2/c1-3(7)5(6(11)12)10-2-4(8)9/h2H,1,9H2,(H,11,12)/b4-2-,10-5?. The Bertz CT molecular complexity index is 251. The number of halogens is 2. The molecule has 0 aromatic heterocycles. The number of nitrogens with two attached hydrogens (primary N) is 1. The normalized spacial score (nSPS) is 12.8. The van der Waals surface area contributed by atoms with Gasteiger partial charge in [0.05, 0.1) is 11.2 Å². The first kappa shape index (κ1) is 11.0. The van der Waals surface area contributed by atoms with E-state index in [-0.39, 0.29) is 15.9 Å². The fourth-order valence-electron chi connectivity index (χ4n) is 0.368. The number of hydrogen-bond acceptors (Lipinski definition) is 3. The minimum absolute atomic E-state index is 0.133. The van der Waals surface area contributed by atoms with Crippen LogP contribution in [0.1, 0.15) is 0 Å². The van der Waals surface area contributed by atoms with Crippen LogP contribution in [-0.4, -0.2) is 16.8 Å². The summed E-state index contributed by atoms with van der Waals surface area (Å²) in [6, 6.07) is 0. The zero-order valence-corrected chi connectivity index (χ0v) is 7.43. The van der Waals surface area contributed by atoms with Crippen LogP contribution in [0.3, 0.4) is 0 Å². The highest BCUT2D eigenvalue weighted by Crippen LogP contribution is 2.02. The average Bonchev–Trinajstić information content (AvgIpc) is 1.84. The van der Waals surface area contributed by atoms with Crippen LogP contribution in [0.25, 0.3) is 0 Å². The van der Waals surface area contributed by atoms with Gasteiger partial charge in [-0.05, 0) is 0 Å². The minimum atomic E-state index is -1.29. The highest BCUT2D eigenvalue weighted by Gasteiger charge is 2.10. The molecule has 0 atom stereocenters. The molecular weight excluding hydrogens is 203 g/mol. The summed E-state index contributed by atoms with van der Waals surface area (Å²) in [5.41, 5.74) is 4.61. The Labute approximate surface area is 79.0 Å². The second-order valence-corrected chi connectivity index (χ2v) is 2.59. The quantitative estimate of drug-likeness (QED) is 0.542. The third-order valence-electron chi connectivity index (χ3n) is 0.777. The van der Waals surface area contributed by atoms with Crippen LogP contribution in [0.2, 0.25) is 0 Å². The summed E-state index contributed by atoms with van der Waals surface area (Å²) in [4.78, 5) is 13.8. The zero-order valence-electron chi connectivity index (χ0n) is 5.92. The average molecular weight is 209 g/mol. The van der Waals surface area contributed by atoms with Gasteiger partial charge in [-0.3, -0.25) is 0 Å². The molecule has 3 N–H and O–H groups in total. The van der Waals surface area contributed by atoms with Crippen molar-refractivity contribution in [3.63, 3.8) is 0 Å². The molecule has 0 heterocycles. The van der Waals surface area contributed by atoms with E-state index in [9.17, 15) is 4.79 Å². The molecule has 0 unspecified atom stereocenters. The summed E-state index contributed by atoms with van der Waals surface area (Å²) < 4.78 is 0. The van der Waals surface area contributed by atoms with Crippen LogP contribution in [-0.2, 0) is 4.79 Å². The van der Waals surface area contributed by atoms with Gasteiger partial charge in [0.15, 0.2) is 5.71 Å². The lowest BCUT2D eigenvalue weighted by atomic mass is 10.4. The Balaban J connectivity index is 4.75. The molecule has 66 valence electrons. The Morgan fingerprint density at radius 1 is 1.58 bits per heavy atom. The maximum atomic E-state index is 10.4. The topological polar surface area (TPSA) is 75.7 Å². The SMILES string of the molecule is C=C(Cl)C(=N/C=C(\N)Cl)C(=O)O. The summed E-state index contributed by atoms with van der Waals surface area (Å²) in [6.45, 7) is 3.20. The Hall–Kier alpha value is -1.00. The molecule has 0 amide bonds. The summed E-state index contributed by atoms with van der Waals surface area (Å²) >= 11 is 10.5. The Morgan fingerprint density at radius 3 is 2.33 bits per heavy atom. The van der Waals surface area contributed by atoms with Crippen molar-refractivity contribution in [3.8, 4) is 0 Å². The molecule has 4 nitrogen and oxygen atoms in total. The first-order valence-electron chi connectivity index (χ1n) is 2.72. The number of aliphatic imine (C=N–C) groups is 1. The molecule has 0 aliphatic carbocycles. The van der Waals surface area contributed by atoms with E-state index in [1.807, 2.05) is 0 Å². The molecule has 0 saturated carbocycles. The van der Waals surface area contributed by atoms with Crippen LogP contribution < -0.4 is 5.73 Å². The summed E-state index contributed by atoms with van der Waals surface area (Å²) in [7, 11) is 0. The number of rotatable bonds is 3. The lowest BCUT2D eigenvalue weighted by Crippen LogP contribution is -2.12. The lowest BCUT2D eigenvalue weighted by Gasteiger charge is -1.94. The van der Waals surface area contributed by atoms with Crippen molar-refractivity contribution in [2.45, 2.75) is 0 Å². The van der Waals surface area contributed by atoms with E-state index in [4.69, 9.17) is 34.0 Å². The monoisotopic (exact) mass is 208 g/mol. The van der Waals surface area contributed by atoms with Gasteiger partial charge in [0.2, 0.25) is 0 Å². The van der Waals surface area contributed by atoms with E-state index in [2.05, 4.69) is 11.6 Å². The van der Waals surface area contributed by atoms with Gasteiger partial charge in [-0.25, -0.2) is 9.79 Å². The summed E-state index contributed by atoms with van der Waals surface area (Å²) in [6.07, 6.45) is 0.971. The maximum Gasteiger partial charge on any atom is 0.356 e. The molecule has 0 fully saturated rings. The van der Waals surface area contributed by atoms with Crippen molar-refractivity contribution < 1.29 is 9.90 Å². The van der Waals surface area contributed by atoms with Crippen LogP contribution in [0.5, 0.6) is 0 Å². The highest BCUT2D eigenvalue weighted by atomic mass is 35.5. The van der Waals surface area contributed by atoms with Crippen molar-refractivity contribution >= 4 is 34.9 Å². The molecule has 0 radical (unpaired) electrons. The number of hydrogen-bond donors (Lipinski definition) is 2. The van der Waals surface area contributed by atoms with Crippen LogP contribution in [0.4, 0.5) is 0 Å². The van der Waals surface area contributed by atoms with Gasteiger partial charge in [0.1, 0.15) is 5.16 Å². The molecule has 0 saturated heterocycles. The van der Waals surface area contributed by atoms with Gasteiger partial charge in [-0.1, -0.05) is 29.8 Å². The van der Waals surface area contributed by atoms with E-state index < -0.39 is 5.97 Å². The number of aliphatic carboxylic acids is 1. The van der Waals surface area contributed by atoms with Gasteiger partial charge < -0.3 is 10.8 Å². The fourth-order valence-corrected chi connectivity index (χ4v) is 0.546. The van der Waals surface area contributed by atoms with Crippen LogP contribution >= 0.6 is 23.2 Å². The smallest absolute Gasteiger partial charge is 0.356 e. The fraction of sp³-hybridized carbons (Fsp3) is 0. The maximum absolute atomic E-state index is 10.4. The van der Waals surface area contributed by atoms with Gasteiger partial charge >= 0.3 is 5.97 Å². The second kappa shape index (κ2) is 4.79. The molecule has 0 aliphatic rings. The number of nitrogens with zero attached hydrogens (tertiary/aromatic N) is 1. The minimum Gasteiger partial charge on any atom is -0.476 e. The number of carboxylic acid groups (broad SMARTS) is 1. The Morgan fingerprint density at radius 2 is 2.08 bits per heavy atom. The highest BCUT2D eigenvalue weighted by molar-refractivity contribution is 6.57. The van der Waals surface area contributed by atoms with Crippen LogP contribution in [0, 0.1) is 0 Å². The van der Waals surface area contributed by atoms with Gasteiger partial charge in [0.25, 0.3) is 0 Å². The van der Waals surface area contributed by atoms with Gasteiger partial charge in [0, 0.05) is 0 Å². The van der Waals surface area contributed by atoms with Crippen molar-refractivity contribution in [2.24, 2.45) is 10.7 Å². The van der Waals surface area contributed by atoms with E-state index in [0.717, 1.165) is 6.20 Å². The molecule has 0 rings (SSSR count). The van der Waals surface area contributed by atoms with Crippen molar-refractivity contribution in [3.05, 3.63) is 23.0 Å². The van der Waals surface area contributed by atoms with E-state index in [0.29, 0.717) is 0 Å². The summed E-state index contributed by atoms with van der Waals surface area (Å²) in [5.74, 6) is -1.29. The number of carboxylic acids is 1. The molecular formula is C6H6Cl2N2O2. The Kier molecular flexibility index (Phi) is 4.39. The van der Waals surface area contributed by atoms with Crippen molar-refractivity contribution in [1.29, 1.82) is 0 Å². The molecule has 0 aromatic rings. The molecule has 12 heavy (non-hydrogen) atoms. The molecule has 0 aliphatic heterocycles. The predicted molar refractivity (Wildman–Crippen MR) is 48.2 cm³/mol.